The summed E-state index contributed by atoms with van der Waals surface area (Å²) in [5.74, 6) is 0. The van der Waals surface area contributed by atoms with Gasteiger partial charge in [-0.05, 0) is 90.8 Å². The van der Waals surface area contributed by atoms with E-state index in [0.717, 1.165) is 88.3 Å². The molecule has 0 N–H and O–H groups in total. The zero-order valence-corrected chi connectivity index (χ0v) is 26.3. The maximum absolute atomic E-state index is 6.62. The average molecular weight is 635 g/mol. The molecule has 10 rings (SSSR count). The molecule has 5 heteroatoms. The number of hydrogen-bond donors (Lipinski definition) is 0. The molecule has 0 atom stereocenters. The van der Waals surface area contributed by atoms with Crippen molar-refractivity contribution in [1.82, 2.24) is 19.1 Å². The summed E-state index contributed by atoms with van der Waals surface area (Å²) >= 11 is 0. The second kappa shape index (κ2) is 12.0. The van der Waals surface area contributed by atoms with Crippen LogP contribution >= 0.6 is 0 Å². The number of furan rings is 1. The second-order valence-electron chi connectivity index (χ2n) is 11.9. The van der Waals surface area contributed by atoms with Crippen LogP contribution in [0.15, 0.2) is 163 Å². The average Bonchev–Trinajstić information content (AvgIpc) is 3.80. The van der Waals surface area contributed by atoms with Gasteiger partial charge in [0, 0.05) is 39.6 Å². The highest BCUT2D eigenvalue weighted by atomic mass is 16.3. The molecule has 5 aromatic heterocycles. The van der Waals surface area contributed by atoms with Gasteiger partial charge in [-0.25, -0.2) is 0 Å². The van der Waals surface area contributed by atoms with Gasteiger partial charge in [-0.2, -0.15) is 0 Å². The van der Waals surface area contributed by atoms with Gasteiger partial charge in [-0.1, -0.05) is 74.2 Å². The van der Waals surface area contributed by atoms with Gasteiger partial charge in [0.05, 0.1) is 38.8 Å². The van der Waals surface area contributed by atoms with Gasteiger partial charge in [-0.15, -0.1) is 6.58 Å². The minimum absolute atomic E-state index is 0. The molecule has 0 amide bonds. The van der Waals surface area contributed by atoms with Gasteiger partial charge < -0.3 is 13.6 Å². The minimum atomic E-state index is 0. The van der Waals surface area contributed by atoms with Crippen molar-refractivity contribution in [3.8, 4) is 22.5 Å². The molecule has 0 aliphatic heterocycles. The Balaban J connectivity index is 0.000000843. The number of aromatic nitrogens is 4. The quantitative estimate of drug-likeness (QED) is 0.182. The maximum atomic E-state index is 6.62. The highest BCUT2D eigenvalue weighted by molar-refractivity contribution is 6.13. The summed E-state index contributed by atoms with van der Waals surface area (Å²) in [5.41, 5.74) is 12.5. The normalized spacial score (nSPS) is 11.3. The zero-order valence-electron chi connectivity index (χ0n) is 26.3. The van der Waals surface area contributed by atoms with Crippen molar-refractivity contribution in [2.45, 2.75) is 14.4 Å². The lowest BCUT2D eigenvalue weighted by Gasteiger charge is -2.08. The molecule has 0 unspecified atom stereocenters. The summed E-state index contributed by atoms with van der Waals surface area (Å²) < 4.78 is 11.2. The summed E-state index contributed by atoms with van der Waals surface area (Å²) in [4.78, 5) is 9.53. The van der Waals surface area contributed by atoms with Crippen LogP contribution in [0.3, 0.4) is 0 Å². The Morgan fingerprint density at radius 3 is 1.92 bits per heavy atom. The SMILES string of the molecule is C.C=CC.c1ccc(-n2c3ccc(-c4ccc5oc6c(-n7c8ccccc8c8ncccc87)cccc6c5c4)cc3c3ncccc32)cc1. The van der Waals surface area contributed by atoms with Crippen LogP contribution in [0.5, 0.6) is 0 Å². The standard InChI is InChI=1S/C40H24N4O.C3H6.CH4/c1-2-9-27(10-3-1)43-33-19-17-25(24-31(33)39-34(43)15-7-22-42-39)26-18-20-37-30(23-26)28-12-6-14-36(40(28)45-37)44-32-13-5-4-11-29(32)38-35(44)16-8-21-41-38;1-3-2;/h1-24H;3H,1H2,2H3;1H4. The lowest BCUT2D eigenvalue weighted by molar-refractivity contribution is 0.666. The third-order valence-electron chi connectivity index (χ3n) is 9.01. The fourth-order valence-electron chi connectivity index (χ4n) is 7.05. The predicted octanol–water partition coefficient (Wildman–Crippen LogP) is 12.1. The number of nitrogens with zero attached hydrogens (tertiary/aromatic N) is 4. The predicted molar refractivity (Wildman–Crippen MR) is 206 cm³/mol. The van der Waals surface area contributed by atoms with E-state index >= 15 is 0 Å². The second-order valence-corrected chi connectivity index (χ2v) is 11.9. The van der Waals surface area contributed by atoms with Crippen molar-refractivity contribution < 1.29 is 4.42 Å². The summed E-state index contributed by atoms with van der Waals surface area (Å²) in [6.45, 7) is 5.25. The first-order chi connectivity index (χ1) is 23.7. The molecule has 5 heterocycles. The van der Waals surface area contributed by atoms with Crippen molar-refractivity contribution in [1.29, 1.82) is 0 Å². The van der Waals surface area contributed by atoms with E-state index in [4.69, 9.17) is 14.4 Å². The van der Waals surface area contributed by atoms with Crippen LogP contribution in [-0.2, 0) is 0 Å². The largest absolute Gasteiger partial charge is 0.454 e. The summed E-state index contributed by atoms with van der Waals surface area (Å²) in [6, 6.07) is 46.8. The van der Waals surface area contributed by atoms with Crippen molar-refractivity contribution in [2.75, 3.05) is 0 Å². The molecule has 5 nitrogen and oxygen atoms in total. The smallest absolute Gasteiger partial charge is 0.159 e. The van der Waals surface area contributed by atoms with Gasteiger partial charge in [0.25, 0.3) is 0 Å². The molecule has 0 aliphatic carbocycles. The Morgan fingerprint density at radius 1 is 0.551 bits per heavy atom. The topological polar surface area (TPSA) is 48.8 Å². The number of benzene rings is 5. The molecule has 49 heavy (non-hydrogen) atoms. The van der Waals surface area contributed by atoms with E-state index in [1.54, 1.807) is 6.08 Å². The lowest BCUT2D eigenvalue weighted by atomic mass is 10.0. The van der Waals surface area contributed by atoms with Gasteiger partial charge in [-0.3, -0.25) is 9.97 Å². The number of pyridine rings is 2. The third-order valence-corrected chi connectivity index (χ3v) is 9.01. The minimum Gasteiger partial charge on any atom is -0.454 e. The number of hydrogen-bond acceptors (Lipinski definition) is 3. The first kappa shape index (κ1) is 29.9. The van der Waals surface area contributed by atoms with Gasteiger partial charge in [0.2, 0.25) is 0 Å². The molecule has 0 saturated carbocycles. The Bertz CT molecular complexity index is 2770. The van der Waals surface area contributed by atoms with E-state index in [0.29, 0.717) is 0 Å². The van der Waals surface area contributed by atoms with Crippen molar-refractivity contribution in [3.05, 3.63) is 159 Å². The molecule has 0 radical (unpaired) electrons. The van der Waals surface area contributed by atoms with Crippen LogP contribution in [0.2, 0.25) is 0 Å². The summed E-state index contributed by atoms with van der Waals surface area (Å²) in [7, 11) is 0. The fourth-order valence-corrected chi connectivity index (χ4v) is 7.05. The van der Waals surface area contributed by atoms with Crippen molar-refractivity contribution >= 4 is 65.8 Å². The van der Waals surface area contributed by atoms with Crippen molar-refractivity contribution in [3.63, 3.8) is 0 Å². The van der Waals surface area contributed by atoms with E-state index in [-0.39, 0.29) is 7.43 Å². The first-order valence-corrected chi connectivity index (χ1v) is 16.1. The van der Waals surface area contributed by atoms with Crippen LogP contribution in [0.4, 0.5) is 0 Å². The molecule has 5 aromatic carbocycles. The number of rotatable bonds is 3. The van der Waals surface area contributed by atoms with Crippen LogP contribution < -0.4 is 0 Å². The number of fused-ring (bicyclic) bond motifs is 9. The molecule has 0 spiro atoms. The maximum Gasteiger partial charge on any atom is 0.159 e. The molecule has 0 saturated heterocycles. The highest BCUT2D eigenvalue weighted by Crippen LogP contribution is 2.39. The van der Waals surface area contributed by atoms with Gasteiger partial charge in [0.1, 0.15) is 5.58 Å². The molecular weight excluding hydrogens is 601 g/mol. The molecule has 0 fully saturated rings. The van der Waals surface area contributed by atoms with Crippen LogP contribution in [0.25, 0.3) is 88.3 Å². The third kappa shape index (κ3) is 4.62. The molecule has 236 valence electrons. The van der Waals surface area contributed by atoms with Crippen LogP contribution in [0, 0.1) is 0 Å². The Labute approximate surface area is 284 Å². The van der Waals surface area contributed by atoms with Gasteiger partial charge >= 0.3 is 0 Å². The monoisotopic (exact) mass is 634 g/mol. The van der Waals surface area contributed by atoms with Crippen molar-refractivity contribution in [2.24, 2.45) is 0 Å². The Hall–Kier alpha value is -6.46. The van der Waals surface area contributed by atoms with Crippen LogP contribution in [-0.4, -0.2) is 19.1 Å². The van der Waals surface area contributed by atoms with E-state index in [1.807, 2.05) is 37.5 Å². The Kier molecular flexibility index (Phi) is 7.30. The van der Waals surface area contributed by atoms with E-state index < -0.39 is 0 Å². The van der Waals surface area contributed by atoms with E-state index in [2.05, 4.69) is 131 Å². The zero-order chi connectivity index (χ0) is 32.2. The fraction of sp³-hybridized carbons (Fsp3) is 0.0455. The highest BCUT2D eigenvalue weighted by Gasteiger charge is 2.19. The molecule has 0 bridgehead atoms. The van der Waals surface area contributed by atoms with E-state index in [1.165, 1.54) is 0 Å². The van der Waals surface area contributed by atoms with Gasteiger partial charge in [0.15, 0.2) is 5.58 Å². The number of allylic oxidation sites excluding steroid dienone is 1. The molecule has 10 aromatic rings. The van der Waals surface area contributed by atoms with E-state index in [9.17, 15) is 0 Å². The lowest BCUT2D eigenvalue weighted by Crippen LogP contribution is -1.94. The molecule has 0 aliphatic rings. The molecular formula is C44H34N4O. The Morgan fingerprint density at radius 2 is 1.14 bits per heavy atom. The van der Waals surface area contributed by atoms with Crippen LogP contribution in [0.1, 0.15) is 14.4 Å². The number of para-hydroxylation sites is 3. The summed E-state index contributed by atoms with van der Waals surface area (Å²) in [6.07, 6.45) is 5.48. The summed E-state index contributed by atoms with van der Waals surface area (Å²) in [5, 5.41) is 4.43. The first-order valence-electron chi connectivity index (χ1n) is 16.1.